The fourth-order valence-electron chi connectivity index (χ4n) is 2.11. The normalized spacial score (nSPS) is 12.6. The minimum absolute atomic E-state index is 0.0348. The fraction of sp³-hybridized carbons (Fsp3) is 0.333. The molecule has 0 saturated carbocycles. The van der Waals surface area contributed by atoms with Crippen LogP contribution in [-0.2, 0) is 11.3 Å². The molecule has 0 fully saturated rings. The van der Waals surface area contributed by atoms with Crippen LogP contribution in [0.5, 0.6) is 0 Å². The van der Waals surface area contributed by atoms with Crippen molar-refractivity contribution < 1.29 is 4.74 Å². The molecule has 21 heavy (non-hydrogen) atoms. The number of ether oxygens (including phenoxy) is 1. The van der Waals surface area contributed by atoms with Crippen molar-refractivity contribution in [3.8, 4) is 0 Å². The van der Waals surface area contributed by atoms with E-state index in [0.717, 1.165) is 17.1 Å². The average Bonchev–Trinajstić information content (AvgIpc) is 2.48. The van der Waals surface area contributed by atoms with Crippen LogP contribution in [0.3, 0.4) is 0 Å². The van der Waals surface area contributed by atoms with Gasteiger partial charge in [0.1, 0.15) is 0 Å². The number of hydrogen-bond acceptors (Lipinski definition) is 2. The van der Waals surface area contributed by atoms with E-state index in [1.54, 1.807) is 0 Å². The summed E-state index contributed by atoms with van der Waals surface area (Å²) >= 11 is 6.01. The minimum Gasteiger partial charge on any atom is -0.368 e. The van der Waals surface area contributed by atoms with E-state index in [9.17, 15) is 0 Å². The lowest BCUT2D eigenvalue weighted by Crippen LogP contribution is -2.29. The SMILES string of the molecule is CC(C)NCC(OCc1cccc(Cl)c1)c1ccccc1. The first-order valence-electron chi connectivity index (χ1n) is 7.29. The smallest absolute Gasteiger partial charge is 0.0953 e. The molecule has 2 aromatic rings. The standard InChI is InChI=1S/C18H22ClNO/c1-14(2)20-12-18(16-8-4-3-5-9-16)21-13-15-7-6-10-17(19)11-15/h3-11,14,18,20H,12-13H2,1-2H3. The Balaban J connectivity index is 2.02. The van der Waals surface area contributed by atoms with Crippen molar-refractivity contribution in [1.82, 2.24) is 5.32 Å². The highest BCUT2D eigenvalue weighted by Crippen LogP contribution is 2.20. The van der Waals surface area contributed by atoms with E-state index in [1.165, 1.54) is 5.56 Å². The summed E-state index contributed by atoms with van der Waals surface area (Å²) < 4.78 is 6.10. The van der Waals surface area contributed by atoms with Crippen LogP contribution in [0.4, 0.5) is 0 Å². The molecule has 2 nitrogen and oxygen atoms in total. The van der Waals surface area contributed by atoms with Crippen molar-refractivity contribution in [2.45, 2.75) is 32.6 Å². The molecular weight excluding hydrogens is 282 g/mol. The lowest BCUT2D eigenvalue weighted by molar-refractivity contribution is 0.0386. The lowest BCUT2D eigenvalue weighted by atomic mass is 10.1. The molecule has 1 unspecified atom stereocenters. The van der Waals surface area contributed by atoms with Crippen molar-refractivity contribution in [1.29, 1.82) is 0 Å². The Morgan fingerprint density at radius 3 is 2.48 bits per heavy atom. The summed E-state index contributed by atoms with van der Waals surface area (Å²) in [5, 5.41) is 4.18. The molecule has 0 aliphatic rings. The van der Waals surface area contributed by atoms with Crippen LogP contribution < -0.4 is 5.32 Å². The summed E-state index contributed by atoms with van der Waals surface area (Å²) in [5.41, 5.74) is 2.28. The van der Waals surface area contributed by atoms with Crippen molar-refractivity contribution in [2.24, 2.45) is 0 Å². The third kappa shape index (κ3) is 5.50. The molecule has 1 atom stereocenters. The summed E-state index contributed by atoms with van der Waals surface area (Å²) in [4.78, 5) is 0. The fourth-order valence-corrected chi connectivity index (χ4v) is 2.32. The second-order valence-corrected chi connectivity index (χ2v) is 5.84. The van der Waals surface area contributed by atoms with Gasteiger partial charge in [-0.1, -0.05) is 67.9 Å². The molecule has 2 rings (SSSR count). The first-order chi connectivity index (χ1) is 10.1. The molecule has 0 radical (unpaired) electrons. The highest BCUT2D eigenvalue weighted by Gasteiger charge is 2.12. The Bertz CT molecular complexity index is 542. The number of hydrogen-bond donors (Lipinski definition) is 1. The van der Waals surface area contributed by atoms with Gasteiger partial charge in [0.15, 0.2) is 0 Å². The van der Waals surface area contributed by atoms with Crippen molar-refractivity contribution in [3.05, 3.63) is 70.7 Å². The van der Waals surface area contributed by atoms with Gasteiger partial charge in [0, 0.05) is 17.6 Å². The summed E-state index contributed by atoms with van der Waals surface area (Å²) in [5.74, 6) is 0. The van der Waals surface area contributed by atoms with Crippen molar-refractivity contribution in [2.75, 3.05) is 6.54 Å². The molecule has 0 amide bonds. The van der Waals surface area contributed by atoms with Crippen molar-refractivity contribution >= 4 is 11.6 Å². The third-order valence-electron chi connectivity index (χ3n) is 3.22. The third-order valence-corrected chi connectivity index (χ3v) is 3.46. The van der Waals surface area contributed by atoms with Gasteiger partial charge in [-0.25, -0.2) is 0 Å². The highest BCUT2D eigenvalue weighted by molar-refractivity contribution is 6.30. The molecule has 0 saturated heterocycles. The number of benzene rings is 2. The lowest BCUT2D eigenvalue weighted by Gasteiger charge is -2.20. The Kier molecular flexibility index (Phi) is 6.24. The van der Waals surface area contributed by atoms with Gasteiger partial charge in [0.25, 0.3) is 0 Å². The maximum Gasteiger partial charge on any atom is 0.0953 e. The van der Waals surface area contributed by atoms with E-state index in [4.69, 9.17) is 16.3 Å². The first kappa shape index (κ1) is 16.0. The van der Waals surface area contributed by atoms with Crippen LogP contribution in [-0.4, -0.2) is 12.6 Å². The molecular formula is C18H22ClNO. The van der Waals surface area contributed by atoms with Crippen LogP contribution in [0, 0.1) is 0 Å². The van der Waals surface area contributed by atoms with Gasteiger partial charge in [-0.2, -0.15) is 0 Å². The molecule has 3 heteroatoms. The number of halogens is 1. The summed E-state index contributed by atoms with van der Waals surface area (Å²) in [7, 11) is 0. The first-order valence-corrected chi connectivity index (χ1v) is 7.67. The topological polar surface area (TPSA) is 21.3 Å². The molecule has 112 valence electrons. The van der Waals surface area contributed by atoms with Gasteiger partial charge >= 0.3 is 0 Å². The molecule has 0 bridgehead atoms. The monoisotopic (exact) mass is 303 g/mol. The molecule has 0 aliphatic carbocycles. The zero-order valence-electron chi connectivity index (χ0n) is 12.6. The van der Waals surface area contributed by atoms with Crippen LogP contribution in [0.25, 0.3) is 0 Å². The highest BCUT2D eigenvalue weighted by atomic mass is 35.5. The average molecular weight is 304 g/mol. The van der Waals surface area contributed by atoms with Crippen LogP contribution >= 0.6 is 11.6 Å². The maximum absolute atomic E-state index is 6.10. The van der Waals surface area contributed by atoms with Crippen LogP contribution in [0.15, 0.2) is 54.6 Å². The molecule has 0 spiro atoms. The second-order valence-electron chi connectivity index (χ2n) is 5.40. The second kappa shape index (κ2) is 8.18. The maximum atomic E-state index is 6.10. The van der Waals surface area contributed by atoms with Crippen molar-refractivity contribution in [3.63, 3.8) is 0 Å². The van der Waals surface area contributed by atoms with Gasteiger partial charge in [-0.05, 0) is 23.3 Å². The largest absolute Gasteiger partial charge is 0.368 e. The summed E-state index contributed by atoms with van der Waals surface area (Å²) in [6, 6.07) is 18.5. The zero-order chi connectivity index (χ0) is 15.1. The molecule has 0 aliphatic heterocycles. The number of nitrogens with one attached hydrogen (secondary N) is 1. The molecule has 0 heterocycles. The quantitative estimate of drug-likeness (QED) is 0.807. The van der Waals surface area contributed by atoms with E-state index < -0.39 is 0 Å². The van der Waals surface area contributed by atoms with Gasteiger partial charge in [-0.3, -0.25) is 0 Å². The van der Waals surface area contributed by atoms with E-state index in [2.05, 4.69) is 31.3 Å². The van der Waals surface area contributed by atoms with Gasteiger partial charge < -0.3 is 10.1 Å². The van der Waals surface area contributed by atoms with E-state index in [-0.39, 0.29) is 6.10 Å². The zero-order valence-corrected chi connectivity index (χ0v) is 13.3. The van der Waals surface area contributed by atoms with Crippen LogP contribution in [0.1, 0.15) is 31.1 Å². The minimum atomic E-state index is 0.0348. The Morgan fingerprint density at radius 2 is 1.81 bits per heavy atom. The predicted octanol–water partition coefficient (Wildman–Crippen LogP) is 4.60. The van der Waals surface area contributed by atoms with Gasteiger partial charge in [0.2, 0.25) is 0 Å². The predicted molar refractivity (Wildman–Crippen MR) is 88.6 cm³/mol. The Hall–Kier alpha value is -1.35. The molecule has 1 N–H and O–H groups in total. The van der Waals surface area contributed by atoms with Gasteiger partial charge in [0.05, 0.1) is 12.7 Å². The molecule has 2 aromatic carbocycles. The Labute approximate surface area is 132 Å². The van der Waals surface area contributed by atoms with Gasteiger partial charge in [-0.15, -0.1) is 0 Å². The van der Waals surface area contributed by atoms with E-state index in [0.29, 0.717) is 12.6 Å². The van der Waals surface area contributed by atoms with Crippen LogP contribution in [0.2, 0.25) is 5.02 Å². The summed E-state index contributed by atoms with van der Waals surface area (Å²) in [6.07, 6.45) is 0.0348. The number of rotatable bonds is 7. The van der Waals surface area contributed by atoms with E-state index >= 15 is 0 Å². The molecule has 0 aromatic heterocycles. The van der Waals surface area contributed by atoms with E-state index in [1.807, 2.05) is 42.5 Å². The Morgan fingerprint density at radius 1 is 1.05 bits per heavy atom. The summed E-state index contributed by atoms with van der Waals surface area (Å²) in [6.45, 7) is 5.63.